The summed E-state index contributed by atoms with van der Waals surface area (Å²) in [5.74, 6) is 0.763. The number of hydrogen-bond donors (Lipinski definition) is 2. The second-order valence-corrected chi connectivity index (χ2v) is 4.56. The van der Waals surface area contributed by atoms with E-state index in [9.17, 15) is 0 Å². The Labute approximate surface area is 118 Å². The van der Waals surface area contributed by atoms with E-state index in [-0.39, 0.29) is 0 Å². The average molecular weight is 275 g/mol. The highest BCUT2D eigenvalue weighted by Gasteiger charge is 2.06. The number of benzene rings is 1. The minimum Gasteiger partial charge on any atom is -0.363 e. The van der Waals surface area contributed by atoms with Crippen molar-refractivity contribution in [3.8, 4) is 11.3 Å². The fraction of sp³-hybridized carbons (Fsp3) is 0.286. The van der Waals surface area contributed by atoms with Gasteiger partial charge in [0, 0.05) is 18.2 Å². The highest BCUT2D eigenvalue weighted by Crippen LogP contribution is 2.18. The van der Waals surface area contributed by atoms with Crippen molar-refractivity contribution in [2.75, 3.05) is 6.54 Å². The summed E-state index contributed by atoms with van der Waals surface area (Å²) in [5, 5.41) is 10.9. The zero-order chi connectivity index (χ0) is 13.5. The SMILES string of the molecule is CCCNC(=S)NCc1cc(-c2ccccc2)no1. The number of nitrogens with one attached hydrogen (secondary N) is 2. The van der Waals surface area contributed by atoms with Gasteiger partial charge in [0.25, 0.3) is 0 Å². The van der Waals surface area contributed by atoms with Crippen LogP contribution in [0.25, 0.3) is 11.3 Å². The summed E-state index contributed by atoms with van der Waals surface area (Å²) >= 11 is 5.13. The molecule has 0 atom stereocenters. The van der Waals surface area contributed by atoms with Gasteiger partial charge in [-0.15, -0.1) is 0 Å². The van der Waals surface area contributed by atoms with Crippen LogP contribution in [-0.4, -0.2) is 16.8 Å². The van der Waals surface area contributed by atoms with E-state index in [1.807, 2.05) is 36.4 Å². The Hall–Kier alpha value is -1.88. The van der Waals surface area contributed by atoms with Gasteiger partial charge in [0.1, 0.15) is 5.69 Å². The van der Waals surface area contributed by atoms with Gasteiger partial charge in [-0.3, -0.25) is 0 Å². The number of thiocarbonyl (C=S) groups is 1. The van der Waals surface area contributed by atoms with Crippen molar-refractivity contribution in [1.29, 1.82) is 0 Å². The maximum atomic E-state index is 5.27. The van der Waals surface area contributed by atoms with Crippen LogP contribution in [0.3, 0.4) is 0 Å². The average Bonchev–Trinajstić information content (AvgIpc) is 2.93. The van der Waals surface area contributed by atoms with Gasteiger partial charge in [0.05, 0.1) is 6.54 Å². The lowest BCUT2D eigenvalue weighted by molar-refractivity contribution is 0.382. The summed E-state index contributed by atoms with van der Waals surface area (Å²) < 4.78 is 5.27. The van der Waals surface area contributed by atoms with Crippen molar-refractivity contribution in [2.24, 2.45) is 0 Å². The Bertz CT molecular complexity index is 524. The first-order valence-corrected chi connectivity index (χ1v) is 6.73. The Morgan fingerprint density at radius 1 is 1.26 bits per heavy atom. The highest BCUT2D eigenvalue weighted by atomic mass is 32.1. The molecule has 0 aliphatic carbocycles. The van der Waals surface area contributed by atoms with Crippen LogP contribution in [0, 0.1) is 0 Å². The lowest BCUT2D eigenvalue weighted by Gasteiger charge is -2.07. The molecule has 1 heterocycles. The van der Waals surface area contributed by atoms with Gasteiger partial charge in [-0.1, -0.05) is 42.4 Å². The van der Waals surface area contributed by atoms with Crippen molar-refractivity contribution < 1.29 is 4.52 Å². The predicted molar refractivity (Wildman–Crippen MR) is 79.7 cm³/mol. The molecule has 0 saturated carbocycles. The fourth-order valence-corrected chi connectivity index (χ4v) is 1.78. The highest BCUT2D eigenvalue weighted by molar-refractivity contribution is 7.80. The van der Waals surface area contributed by atoms with Crippen LogP contribution in [0.4, 0.5) is 0 Å². The summed E-state index contributed by atoms with van der Waals surface area (Å²) in [4.78, 5) is 0. The molecule has 2 rings (SSSR count). The number of rotatable bonds is 5. The minimum absolute atomic E-state index is 0.537. The zero-order valence-corrected chi connectivity index (χ0v) is 11.7. The molecule has 19 heavy (non-hydrogen) atoms. The molecule has 0 amide bonds. The van der Waals surface area contributed by atoms with Gasteiger partial charge < -0.3 is 15.2 Å². The quantitative estimate of drug-likeness (QED) is 0.822. The molecule has 0 spiro atoms. The topological polar surface area (TPSA) is 50.1 Å². The molecule has 2 aromatic rings. The standard InChI is InChI=1S/C14H17N3OS/c1-2-8-15-14(19)16-10-12-9-13(17-18-12)11-6-4-3-5-7-11/h3-7,9H,2,8,10H2,1H3,(H2,15,16,19). The molecule has 4 nitrogen and oxygen atoms in total. The van der Waals surface area contributed by atoms with E-state index < -0.39 is 0 Å². The van der Waals surface area contributed by atoms with Crippen molar-refractivity contribution in [1.82, 2.24) is 15.8 Å². The van der Waals surface area contributed by atoms with E-state index in [1.54, 1.807) is 0 Å². The van der Waals surface area contributed by atoms with Crippen molar-refractivity contribution >= 4 is 17.3 Å². The van der Waals surface area contributed by atoms with Crippen molar-refractivity contribution in [3.63, 3.8) is 0 Å². The molecule has 0 aliphatic rings. The summed E-state index contributed by atoms with van der Waals surface area (Å²) in [6.07, 6.45) is 1.04. The Morgan fingerprint density at radius 2 is 2.05 bits per heavy atom. The molecule has 2 N–H and O–H groups in total. The van der Waals surface area contributed by atoms with Crippen LogP contribution in [0.2, 0.25) is 0 Å². The summed E-state index contributed by atoms with van der Waals surface area (Å²) in [5.41, 5.74) is 1.88. The van der Waals surface area contributed by atoms with Crippen LogP contribution in [0.1, 0.15) is 19.1 Å². The van der Waals surface area contributed by atoms with Crippen molar-refractivity contribution in [3.05, 3.63) is 42.2 Å². The second kappa shape index (κ2) is 6.89. The van der Waals surface area contributed by atoms with Crippen LogP contribution in [-0.2, 0) is 6.54 Å². The number of hydrogen-bond acceptors (Lipinski definition) is 3. The van der Waals surface area contributed by atoms with Gasteiger partial charge >= 0.3 is 0 Å². The third-order valence-electron chi connectivity index (χ3n) is 2.59. The summed E-state index contributed by atoms with van der Waals surface area (Å²) in [6.45, 7) is 3.51. The molecule has 0 saturated heterocycles. The fourth-order valence-electron chi connectivity index (χ4n) is 1.61. The van der Waals surface area contributed by atoms with Crippen LogP contribution in [0.5, 0.6) is 0 Å². The predicted octanol–water partition coefficient (Wildman–Crippen LogP) is 2.72. The third-order valence-corrected chi connectivity index (χ3v) is 2.88. The smallest absolute Gasteiger partial charge is 0.166 e. The number of aromatic nitrogens is 1. The largest absolute Gasteiger partial charge is 0.363 e. The molecule has 5 heteroatoms. The van der Waals surface area contributed by atoms with Gasteiger partial charge in [-0.05, 0) is 18.6 Å². The normalized spacial score (nSPS) is 10.2. The van der Waals surface area contributed by atoms with E-state index in [1.165, 1.54) is 0 Å². The first kappa shape index (κ1) is 13.5. The first-order valence-electron chi connectivity index (χ1n) is 6.32. The monoisotopic (exact) mass is 275 g/mol. The van der Waals surface area contributed by atoms with Crippen LogP contribution < -0.4 is 10.6 Å². The first-order chi connectivity index (χ1) is 9.29. The Morgan fingerprint density at radius 3 is 2.79 bits per heavy atom. The molecular weight excluding hydrogens is 258 g/mol. The van der Waals surface area contributed by atoms with E-state index in [2.05, 4.69) is 22.7 Å². The van der Waals surface area contributed by atoms with E-state index in [0.717, 1.165) is 30.0 Å². The van der Waals surface area contributed by atoms with Crippen molar-refractivity contribution in [2.45, 2.75) is 19.9 Å². The third kappa shape index (κ3) is 4.06. The Balaban J connectivity index is 1.90. The molecule has 0 bridgehead atoms. The summed E-state index contributed by atoms with van der Waals surface area (Å²) in [6, 6.07) is 11.9. The van der Waals surface area contributed by atoms with E-state index in [0.29, 0.717) is 11.7 Å². The molecule has 0 unspecified atom stereocenters. The zero-order valence-electron chi connectivity index (χ0n) is 10.8. The van der Waals surface area contributed by atoms with E-state index >= 15 is 0 Å². The number of nitrogens with zero attached hydrogens (tertiary/aromatic N) is 1. The lowest BCUT2D eigenvalue weighted by atomic mass is 10.1. The molecule has 100 valence electrons. The maximum Gasteiger partial charge on any atom is 0.166 e. The second-order valence-electron chi connectivity index (χ2n) is 4.15. The van der Waals surface area contributed by atoms with Gasteiger partial charge in [0.2, 0.25) is 0 Å². The Kier molecular flexibility index (Phi) is 4.92. The van der Waals surface area contributed by atoms with Gasteiger partial charge in [0.15, 0.2) is 10.9 Å². The molecule has 1 aromatic heterocycles. The van der Waals surface area contributed by atoms with Gasteiger partial charge in [-0.2, -0.15) is 0 Å². The maximum absolute atomic E-state index is 5.27. The summed E-state index contributed by atoms with van der Waals surface area (Å²) in [7, 11) is 0. The lowest BCUT2D eigenvalue weighted by Crippen LogP contribution is -2.34. The van der Waals surface area contributed by atoms with E-state index in [4.69, 9.17) is 16.7 Å². The molecule has 1 aromatic carbocycles. The molecule has 0 fully saturated rings. The minimum atomic E-state index is 0.537. The van der Waals surface area contributed by atoms with Crippen LogP contribution in [0.15, 0.2) is 40.9 Å². The molecule has 0 radical (unpaired) electrons. The molecule has 0 aliphatic heterocycles. The molecular formula is C14H17N3OS. The van der Waals surface area contributed by atoms with Crippen LogP contribution >= 0.6 is 12.2 Å². The van der Waals surface area contributed by atoms with Gasteiger partial charge in [-0.25, -0.2) is 0 Å².